The van der Waals surface area contributed by atoms with Crippen molar-refractivity contribution in [3.05, 3.63) is 0 Å². The highest BCUT2D eigenvalue weighted by Gasteiger charge is 2.15. The second-order valence-corrected chi connectivity index (χ2v) is 3.89. The largest absolute Gasteiger partial charge is 0.328 e. The van der Waals surface area contributed by atoms with Gasteiger partial charge in [0.15, 0.2) is 0 Å². The summed E-state index contributed by atoms with van der Waals surface area (Å²) in [4.78, 5) is 15.7. The molecule has 0 aromatic heterocycles. The van der Waals surface area contributed by atoms with E-state index in [0.29, 0.717) is 0 Å². The zero-order chi connectivity index (χ0) is 8.15. The first-order chi connectivity index (χ1) is 4.54. The van der Waals surface area contributed by atoms with Gasteiger partial charge in [-0.3, -0.25) is 0 Å². The van der Waals surface area contributed by atoms with Crippen LogP contribution in [0.4, 0.5) is 0 Å². The Morgan fingerprint density at radius 1 is 1.30 bits per heavy atom. The van der Waals surface area contributed by atoms with Gasteiger partial charge in [-0.1, -0.05) is 0 Å². The third-order valence-electron chi connectivity index (χ3n) is 0.623. The van der Waals surface area contributed by atoms with Crippen molar-refractivity contribution in [1.29, 1.82) is 0 Å². The molecule has 0 saturated carbocycles. The standard InChI is InChI=1S/C3H6Cl3O3P/c4-2(3(5)6)1-9-10(7)8/h2-3,7-8H,1H2. The fourth-order valence-electron chi connectivity index (χ4n) is 0.211. The van der Waals surface area contributed by atoms with E-state index >= 15 is 0 Å². The Morgan fingerprint density at radius 3 is 2.10 bits per heavy atom. The van der Waals surface area contributed by atoms with Crippen LogP contribution in [0.2, 0.25) is 0 Å². The Labute approximate surface area is 74.8 Å². The van der Waals surface area contributed by atoms with Crippen molar-refractivity contribution in [2.45, 2.75) is 10.2 Å². The molecule has 0 saturated heterocycles. The monoisotopic (exact) mass is 226 g/mol. The molecule has 0 aliphatic heterocycles. The van der Waals surface area contributed by atoms with Crippen molar-refractivity contribution in [2.24, 2.45) is 0 Å². The van der Waals surface area contributed by atoms with Crippen molar-refractivity contribution in [3.63, 3.8) is 0 Å². The Morgan fingerprint density at radius 2 is 1.80 bits per heavy atom. The molecule has 0 fully saturated rings. The molecule has 0 aliphatic rings. The molecule has 0 aromatic carbocycles. The maximum atomic E-state index is 8.24. The fraction of sp³-hybridized carbons (Fsp3) is 1.00. The summed E-state index contributed by atoms with van der Waals surface area (Å²) in [5, 5.41) is -0.618. The van der Waals surface area contributed by atoms with E-state index in [0.717, 1.165) is 0 Å². The summed E-state index contributed by atoms with van der Waals surface area (Å²) in [5.74, 6) is 0. The lowest BCUT2D eigenvalue weighted by atomic mass is 10.5. The Balaban J connectivity index is 3.30. The van der Waals surface area contributed by atoms with Gasteiger partial charge in [0.2, 0.25) is 0 Å². The first kappa shape index (κ1) is 11.2. The molecule has 0 radical (unpaired) electrons. The smallest absolute Gasteiger partial charge is 0.327 e. The van der Waals surface area contributed by atoms with Gasteiger partial charge in [0.25, 0.3) is 0 Å². The zero-order valence-electron chi connectivity index (χ0n) is 4.75. The van der Waals surface area contributed by atoms with Gasteiger partial charge in [0.05, 0.1) is 12.0 Å². The maximum Gasteiger partial charge on any atom is 0.327 e. The molecule has 0 spiro atoms. The normalized spacial score (nSPS) is 14.7. The van der Waals surface area contributed by atoms with E-state index in [9.17, 15) is 0 Å². The van der Waals surface area contributed by atoms with Crippen LogP contribution in [0.1, 0.15) is 0 Å². The van der Waals surface area contributed by atoms with E-state index in [4.69, 9.17) is 44.6 Å². The van der Waals surface area contributed by atoms with Crippen LogP contribution in [0.5, 0.6) is 0 Å². The molecule has 0 rings (SSSR count). The minimum Gasteiger partial charge on any atom is -0.328 e. The van der Waals surface area contributed by atoms with Crippen LogP contribution in [0.15, 0.2) is 0 Å². The molecular formula is C3H6Cl3O3P. The van der Waals surface area contributed by atoms with Crippen LogP contribution in [-0.2, 0) is 4.52 Å². The summed E-state index contributed by atoms with van der Waals surface area (Å²) in [5.41, 5.74) is 0. The van der Waals surface area contributed by atoms with Gasteiger partial charge in [-0.25, -0.2) is 0 Å². The third kappa shape index (κ3) is 5.93. The number of rotatable bonds is 4. The lowest BCUT2D eigenvalue weighted by Crippen LogP contribution is -2.14. The predicted octanol–water partition coefficient (Wildman–Crippen LogP) is 1.63. The number of halogens is 3. The molecular weight excluding hydrogens is 221 g/mol. The quantitative estimate of drug-likeness (QED) is 0.567. The molecule has 0 heterocycles. The average Bonchev–Trinajstić information content (AvgIpc) is 1.82. The van der Waals surface area contributed by atoms with Crippen LogP contribution in [0, 0.1) is 0 Å². The van der Waals surface area contributed by atoms with Crippen molar-refractivity contribution in [2.75, 3.05) is 6.61 Å². The van der Waals surface area contributed by atoms with E-state index < -0.39 is 18.8 Å². The van der Waals surface area contributed by atoms with E-state index in [1.54, 1.807) is 0 Å². The van der Waals surface area contributed by atoms with Crippen molar-refractivity contribution >= 4 is 43.4 Å². The van der Waals surface area contributed by atoms with Gasteiger partial charge in [-0.2, -0.15) is 0 Å². The first-order valence-electron chi connectivity index (χ1n) is 2.27. The molecule has 7 heteroatoms. The van der Waals surface area contributed by atoms with Crippen LogP contribution in [0.25, 0.3) is 0 Å². The van der Waals surface area contributed by atoms with Gasteiger partial charge in [-0.05, 0) is 0 Å². The van der Waals surface area contributed by atoms with E-state index in [1.165, 1.54) is 0 Å². The van der Waals surface area contributed by atoms with Crippen molar-refractivity contribution < 1.29 is 14.3 Å². The highest BCUT2D eigenvalue weighted by molar-refractivity contribution is 7.39. The summed E-state index contributed by atoms with van der Waals surface area (Å²) in [7, 11) is -2.36. The fourth-order valence-corrected chi connectivity index (χ4v) is 0.801. The van der Waals surface area contributed by atoms with Crippen molar-refractivity contribution in [3.8, 4) is 0 Å². The minimum atomic E-state index is -2.36. The zero-order valence-corrected chi connectivity index (χ0v) is 7.91. The molecule has 10 heavy (non-hydrogen) atoms. The topological polar surface area (TPSA) is 49.7 Å². The lowest BCUT2D eigenvalue weighted by Gasteiger charge is -2.09. The van der Waals surface area contributed by atoms with Crippen LogP contribution in [-0.4, -0.2) is 26.6 Å². The summed E-state index contributed by atoms with van der Waals surface area (Å²) in [6.07, 6.45) is 0. The SMILES string of the molecule is OP(O)OCC(Cl)C(Cl)Cl. The van der Waals surface area contributed by atoms with E-state index in [-0.39, 0.29) is 6.61 Å². The van der Waals surface area contributed by atoms with E-state index in [1.807, 2.05) is 0 Å². The van der Waals surface area contributed by atoms with Gasteiger partial charge >= 0.3 is 8.60 Å². The third-order valence-corrected chi connectivity index (χ3v) is 2.25. The van der Waals surface area contributed by atoms with Gasteiger partial charge in [-0.15, -0.1) is 34.8 Å². The number of hydrogen-bond acceptors (Lipinski definition) is 3. The maximum absolute atomic E-state index is 8.24. The Bertz CT molecular complexity index is 91.1. The second kappa shape index (κ2) is 5.78. The average molecular weight is 227 g/mol. The first-order valence-corrected chi connectivity index (χ1v) is 4.74. The van der Waals surface area contributed by atoms with Gasteiger partial charge < -0.3 is 14.3 Å². The molecule has 0 aliphatic carbocycles. The molecule has 62 valence electrons. The molecule has 3 nitrogen and oxygen atoms in total. The summed E-state index contributed by atoms with van der Waals surface area (Å²) in [6, 6.07) is 0. The Kier molecular flexibility index (Phi) is 6.47. The van der Waals surface area contributed by atoms with Crippen molar-refractivity contribution in [1.82, 2.24) is 0 Å². The summed E-state index contributed by atoms with van der Waals surface area (Å²) >= 11 is 16.1. The molecule has 1 unspecified atom stereocenters. The summed E-state index contributed by atoms with van der Waals surface area (Å²) < 4.78 is 4.34. The van der Waals surface area contributed by atoms with E-state index in [2.05, 4.69) is 4.52 Å². The Hall–Kier alpha value is 1.18. The molecule has 1 atom stereocenters. The molecule has 0 aromatic rings. The highest BCUT2D eigenvalue weighted by atomic mass is 35.5. The van der Waals surface area contributed by atoms with Crippen LogP contribution >= 0.6 is 43.4 Å². The molecule has 0 bridgehead atoms. The van der Waals surface area contributed by atoms with Gasteiger partial charge in [0.1, 0.15) is 4.84 Å². The molecule has 0 amide bonds. The number of alkyl halides is 3. The second-order valence-electron chi connectivity index (χ2n) is 1.40. The molecule has 2 N–H and O–H groups in total. The lowest BCUT2D eigenvalue weighted by molar-refractivity contribution is 0.256. The van der Waals surface area contributed by atoms with Crippen LogP contribution < -0.4 is 0 Å². The number of hydrogen-bond donors (Lipinski definition) is 2. The predicted molar refractivity (Wildman–Crippen MR) is 42.4 cm³/mol. The van der Waals surface area contributed by atoms with Crippen LogP contribution in [0.3, 0.4) is 0 Å². The highest BCUT2D eigenvalue weighted by Crippen LogP contribution is 2.26. The summed E-state index contributed by atoms with van der Waals surface area (Å²) in [6.45, 7) is -0.0715. The van der Waals surface area contributed by atoms with Gasteiger partial charge in [0, 0.05) is 0 Å². The minimum absolute atomic E-state index is 0.0715.